The molecule has 2 unspecified atom stereocenters. The predicted octanol–water partition coefficient (Wildman–Crippen LogP) is 3.08. The molecule has 1 heterocycles. The van der Waals surface area contributed by atoms with Crippen molar-refractivity contribution in [2.45, 2.75) is 71.3 Å². The van der Waals surface area contributed by atoms with Crippen LogP contribution in [-0.2, 0) is 4.79 Å². The zero-order valence-corrected chi connectivity index (χ0v) is 14.2. The molecule has 1 saturated heterocycles. The summed E-state index contributed by atoms with van der Waals surface area (Å²) in [5.41, 5.74) is 6.43. The number of fused-ring (bicyclic) bond motifs is 5. The zero-order chi connectivity index (χ0) is 15.5. The zero-order valence-electron chi connectivity index (χ0n) is 14.2. The van der Waals surface area contributed by atoms with Gasteiger partial charge in [-0.25, -0.2) is 0 Å². The Labute approximate surface area is 134 Å². The third kappa shape index (κ3) is 1.87. The van der Waals surface area contributed by atoms with Gasteiger partial charge in [-0.3, -0.25) is 4.79 Å². The van der Waals surface area contributed by atoms with Gasteiger partial charge in [0.2, 0.25) is 5.91 Å². The molecule has 4 fully saturated rings. The van der Waals surface area contributed by atoms with Crippen LogP contribution in [0.15, 0.2) is 0 Å². The Bertz CT molecular complexity index is 478. The van der Waals surface area contributed by atoms with E-state index in [1.165, 1.54) is 51.5 Å². The monoisotopic (exact) mass is 304 g/mol. The molecule has 0 aromatic heterocycles. The Morgan fingerprint density at radius 3 is 2.55 bits per heavy atom. The van der Waals surface area contributed by atoms with Crippen molar-refractivity contribution in [3.63, 3.8) is 0 Å². The second kappa shape index (κ2) is 4.96. The number of rotatable bonds is 1. The van der Waals surface area contributed by atoms with Crippen LogP contribution in [0, 0.1) is 34.5 Å². The highest BCUT2D eigenvalue weighted by Crippen LogP contribution is 2.65. The summed E-state index contributed by atoms with van der Waals surface area (Å²) >= 11 is 0. The first kappa shape index (κ1) is 15.0. The number of carbonyl (C=O) groups excluding carboxylic acids is 1. The van der Waals surface area contributed by atoms with E-state index in [-0.39, 0.29) is 17.2 Å². The summed E-state index contributed by atoms with van der Waals surface area (Å²) in [7, 11) is 0. The van der Waals surface area contributed by atoms with Gasteiger partial charge in [-0.1, -0.05) is 13.8 Å². The van der Waals surface area contributed by atoms with Gasteiger partial charge < -0.3 is 11.1 Å². The number of hydrogen-bond acceptors (Lipinski definition) is 2. The van der Waals surface area contributed by atoms with Gasteiger partial charge in [-0.15, -0.1) is 0 Å². The first-order chi connectivity index (χ1) is 10.5. The van der Waals surface area contributed by atoms with Gasteiger partial charge in [0, 0.05) is 12.0 Å². The third-order valence-corrected chi connectivity index (χ3v) is 8.50. The van der Waals surface area contributed by atoms with Crippen molar-refractivity contribution in [1.29, 1.82) is 0 Å². The van der Waals surface area contributed by atoms with Gasteiger partial charge in [-0.2, -0.15) is 0 Å². The molecule has 1 aliphatic heterocycles. The van der Waals surface area contributed by atoms with E-state index in [0.29, 0.717) is 5.41 Å². The molecule has 0 radical (unpaired) electrons. The lowest BCUT2D eigenvalue weighted by atomic mass is 9.47. The minimum atomic E-state index is -0.0392. The maximum absolute atomic E-state index is 11.9. The Morgan fingerprint density at radius 1 is 1.00 bits per heavy atom. The van der Waals surface area contributed by atoms with E-state index in [9.17, 15) is 4.79 Å². The maximum atomic E-state index is 11.9. The van der Waals surface area contributed by atoms with Crippen molar-refractivity contribution in [3.8, 4) is 0 Å². The maximum Gasteiger partial charge on any atom is 0.221 e. The van der Waals surface area contributed by atoms with Gasteiger partial charge in [-0.05, 0) is 86.5 Å². The van der Waals surface area contributed by atoms with Gasteiger partial charge in [0.15, 0.2) is 0 Å². The largest absolute Gasteiger partial charge is 0.369 e. The molecule has 3 nitrogen and oxygen atoms in total. The van der Waals surface area contributed by atoms with E-state index in [0.717, 1.165) is 30.2 Å². The van der Waals surface area contributed by atoms with E-state index in [4.69, 9.17) is 5.73 Å². The standard InChI is InChI=1S/C19H32N2O/c1-18-10-8-14-12(13(18)5-6-15(18)17(20)22)4-7-16-19(14,2)9-3-11-21-16/h12-16,21H,3-11H2,1-2H3,(H2,20,22)/t12-,13-,14+,15?,16?,18-,19+/m0/s1. The molecular weight excluding hydrogens is 272 g/mol. The van der Waals surface area contributed by atoms with Gasteiger partial charge in [0.05, 0.1) is 0 Å². The van der Waals surface area contributed by atoms with E-state index >= 15 is 0 Å². The second-order valence-electron chi connectivity index (χ2n) is 9.15. The quantitative estimate of drug-likeness (QED) is 0.782. The molecule has 0 bridgehead atoms. The summed E-state index contributed by atoms with van der Waals surface area (Å²) in [6.45, 7) is 6.15. The molecule has 3 heteroatoms. The van der Waals surface area contributed by atoms with Gasteiger partial charge in [0.1, 0.15) is 0 Å². The summed E-state index contributed by atoms with van der Waals surface area (Å²) in [6, 6.07) is 0.736. The van der Waals surface area contributed by atoms with Crippen molar-refractivity contribution in [2.75, 3.05) is 6.54 Å². The van der Waals surface area contributed by atoms with E-state index in [1.54, 1.807) is 0 Å². The van der Waals surface area contributed by atoms with Crippen LogP contribution in [0.3, 0.4) is 0 Å². The molecule has 3 aliphatic carbocycles. The van der Waals surface area contributed by atoms with Crippen LogP contribution in [0.25, 0.3) is 0 Å². The molecule has 1 amide bonds. The predicted molar refractivity (Wildman–Crippen MR) is 88.1 cm³/mol. The highest BCUT2D eigenvalue weighted by Gasteiger charge is 2.60. The molecule has 22 heavy (non-hydrogen) atoms. The molecule has 0 aromatic carbocycles. The SMILES string of the molecule is C[C@]12CCCNC1CC[C@@H]1[C@H]2CC[C@]2(C)C(C(N)=O)CC[C@@H]12. The summed E-state index contributed by atoms with van der Waals surface area (Å²) < 4.78 is 0. The molecule has 4 rings (SSSR count). The Morgan fingerprint density at radius 2 is 1.77 bits per heavy atom. The van der Waals surface area contributed by atoms with Gasteiger partial charge >= 0.3 is 0 Å². The van der Waals surface area contributed by atoms with Crippen molar-refractivity contribution >= 4 is 5.91 Å². The topological polar surface area (TPSA) is 55.1 Å². The van der Waals surface area contributed by atoms with E-state index in [2.05, 4.69) is 19.2 Å². The molecule has 124 valence electrons. The molecule has 0 aromatic rings. The lowest BCUT2D eigenvalue weighted by Gasteiger charge is -2.60. The van der Waals surface area contributed by atoms with E-state index < -0.39 is 0 Å². The average Bonchev–Trinajstić information content (AvgIpc) is 2.84. The number of piperidine rings is 1. The number of hydrogen-bond donors (Lipinski definition) is 2. The van der Waals surface area contributed by atoms with Crippen LogP contribution in [0.1, 0.15) is 65.2 Å². The van der Waals surface area contributed by atoms with Crippen LogP contribution in [0.5, 0.6) is 0 Å². The smallest absolute Gasteiger partial charge is 0.221 e. The summed E-state index contributed by atoms with van der Waals surface area (Å²) in [5, 5.41) is 3.82. The lowest BCUT2D eigenvalue weighted by molar-refractivity contribution is -0.131. The van der Waals surface area contributed by atoms with Crippen LogP contribution in [0.2, 0.25) is 0 Å². The first-order valence-electron chi connectivity index (χ1n) is 9.49. The number of primary amides is 1. The van der Waals surface area contributed by atoms with E-state index in [1.807, 2.05) is 0 Å². The average molecular weight is 304 g/mol. The van der Waals surface area contributed by atoms with Crippen molar-refractivity contribution < 1.29 is 4.79 Å². The molecular formula is C19H32N2O. The fourth-order valence-electron chi connectivity index (χ4n) is 7.36. The van der Waals surface area contributed by atoms with Crippen molar-refractivity contribution in [2.24, 2.45) is 40.2 Å². The first-order valence-corrected chi connectivity index (χ1v) is 9.49. The number of carbonyl (C=O) groups is 1. The Balaban J connectivity index is 1.63. The summed E-state index contributed by atoms with van der Waals surface area (Å²) in [4.78, 5) is 11.9. The van der Waals surface area contributed by atoms with Gasteiger partial charge in [0.25, 0.3) is 0 Å². The Hall–Kier alpha value is -0.570. The molecule has 7 atom stereocenters. The fourth-order valence-corrected chi connectivity index (χ4v) is 7.36. The van der Waals surface area contributed by atoms with Crippen molar-refractivity contribution in [1.82, 2.24) is 5.32 Å². The lowest BCUT2D eigenvalue weighted by Crippen LogP contribution is -2.60. The molecule has 3 N–H and O–H groups in total. The van der Waals surface area contributed by atoms with Crippen molar-refractivity contribution in [3.05, 3.63) is 0 Å². The fraction of sp³-hybridized carbons (Fsp3) is 0.947. The molecule has 3 saturated carbocycles. The minimum Gasteiger partial charge on any atom is -0.369 e. The second-order valence-corrected chi connectivity index (χ2v) is 9.15. The number of amides is 1. The minimum absolute atomic E-state index is 0.0392. The number of nitrogens with one attached hydrogen (secondary N) is 1. The third-order valence-electron chi connectivity index (χ3n) is 8.50. The highest BCUT2D eigenvalue weighted by atomic mass is 16.1. The van der Waals surface area contributed by atoms with Crippen LogP contribution < -0.4 is 11.1 Å². The molecule has 0 spiro atoms. The van der Waals surface area contributed by atoms with Crippen LogP contribution >= 0.6 is 0 Å². The molecule has 4 aliphatic rings. The number of nitrogens with two attached hydrogens (primary N) is 1. The summed E-state index contributed by atoms with van der Waals surface area (Å²) in [5.74, 6) is 2.53. The van der Waals surface area contributed by atoms with Crippen LogP contribution in [0.4, 0.5) is 0 Å². The normalized spacial score (nSPS) is 54.2. The van der Waals surface area contributed by atoms with Crippen LogP contribution in [-0.4, -0.2) is 18.5 Å². The Kier molecular flexibility index (Phi) is 3.38. The highest BCUT2D eigenvalue weighted by molar-refractivity contribution is 5.78. The summed E-state index contributed by atoms with van der Waals surface area (Å²) in [6.07, 6.45) is 10.2.